The monoisotopic (exact) mass is 305 g/mol. The number of benzene rings is 2. The van der Waals surface area contributed by atoms with Crippen molar-refractivity contribution in [2.45, 2.75) is 13.8 Å². The SMILES string of the molecule is Cc1ccc(-c2nc3sc(-c4ccccc4)c(C)n3n2)cc1. The first kappa shape index (κ1) is 13.2. The Bertz CT molecular complexity index is 934. The number of thiazole rings is 1. The van der Waals surface area contributed by atoms with Crippen molar-refractivity contribution in [3.8, 4) is 21.8 Å². The molecular formula is C18H15N3S. The Morgan fingerprint density at radius 3 is 2.27 bits per heavy atom. The Morgan fingerprint density at radius 2 is 1.59 bits per heavy atom. The van der Waals surface area contributed by atoms with Gasteiger partial charge in [0.25, 0.3) is 0 Å². The maximum atomic E-state index is 4.69. The summed E-state index contributed by atoms with van der Waals surface area (Å²) in [6, 6.07) is 18.7. The fraction of sp³-hybridized carbons (Fsp3) is 0.111. The van der Waals surface area contributed by atoms with Crippen LogP contribution >= 0.6 is 11.3 Å². The fourth-order valence-corrected chi connectivity index (χ4v) is 3.59. The van der Waals surface area contributed by atoms with Crippen molar-refractivity contribution < 1.29 is 0 Å². The lowest BCUT2D eigenvalue weighted by Gasteiger charge is -1.99. The molecule has 0 aliphatic rings. The average Bonchev–Trinajstić information content (AvgIpc) is 3.09. The number of aryl methyl sites for hydroxylation is 2. The number of hydrogen-bond donors (Lipinski definition) is 0. The van der Waals surface area contributed by atoms with Crippen LogP contribution in [0.4, 0.5) is 0 Å². The van der Waals surface area contributed by atoms with E-state index in [0.717, 1.165) is 22.0 Å². The van der Waals surface area contributed by atoms with Gasteiger partial charge in [-0.2, -0.15) is 4.98 Å². The first-order valence-electron chi connectivity index (χ1n) is 7.21. The number of hydrogen-bond acceptors (Lipinski definition) is 3. The van der Waals surface area contributed by atoms with E-state index in [1.165, 1.54) is 16.0 Å². The van der Waals surface area contributed by atoms with E-state index in [9.17, 15) is 0 Å². The molecule has 0 atom stereocenters. The van der Waals surface area contributed by atoms with E-state index >= 15 is 0 Å². The third-order valence-electron chi connectivity index (χ3n) is 3.76. The van der Waals surface area contributed by atoms with Crippen LogP contribution in [0.25, 0.3) is 26.8 Å². The van der Waals surface area contributed by atoms with Crippen LogP contribution in [0.2, 0.25) is 0 Å². The van der Waals surface area contributed by atoms with Crippen molar-refractivity contribution in [2.24, 2.45) is 0 Å². The molecule has 0 amide bonds. The highest BCUT2D eigenvalue weighted by atomic mass is 32.1. The lowest BCUT2D eigenvalue weighted by atomic mass is 10.1. The number of rotatable bonds is 2. The Kier molecular flexibility index (Phi) is 3.05. The largest absolute Gasteiger partial charge is 0.213 e. The van der Waals surface area contributed by atoms with E-state index in [2.05, 4.69) is 72.5 Å². The second kappa shape index (κ2) is 5.07. The average molecular weight is 305 g/mol. The van der Waals surface area contributed by atoms with Gasteiger partial charge in [-0.25, -0.2) is 4.52 Å². The van der Waals surface area contributed by atoms with E-state index in [1.807, 2.05) is 10.6 Å². The summed E-state index contributed by atoms with van der Waals surface area (Å²) in [6.07, 6.45) is 0. The Hall–Kier alpha value is -2.46. The van der Waals surface area contributed by atoms with Crippen molar-refractivity contribution in [1.29, 1.82) is 0 Å². The van der Waals surface area contributed by atoms with Crippen LogP contribution in [0.15, 0.2) is 54.6 Å². The topological polar surface area (TPSA) is 30.2 Å². The minimum atomic E-state index is 0.786. The van der Waals surface area contributed by atoms with Gasteiger partial charge in [0, 0.05) is 5.56 Å². The van der Waals surface area contributed by atoms with E-state index < -0.39 is 0 Å². The zero-order valence-electron chi connectivity index (χ0n) is 12.4. The molecule has 22 heavy (non-hydrogen) atoms. The van der Waals surface area contributed by atoms with Crippen LogP contribution in [0.1, 0.15) is 11.3 Å². The maximum Gasteiger partial charge on any atom is 0.213 e. The van der Waals surface area contributed by atoms with Crippen LogP contribution < -0.4 is 0 Å². The Balaban J connectivity index is 1.82. The summed E-state index contributed by atoms with van der Waals surface area (Å²) in [5.41, 5.74) is 4.65. The fourth-order valence-electron chi connectivity index (χ4n) is 2.53. The minimum Gasteiger partial charge on any atom is -0.207 e. The number of nitrogens with zero attached hydrogens (tertiary/aromatic N) is 3. The van der Waals surface area contributed by atoms with Gasteiger partial charge in [-0.3, -0.25) is 0 Å². The quantitative estimate of drug-likeness (QED) is 0.535. The summed E-state index contributed by atoms with van der Waals surface area (Å²) in [5, 5.41) is 4.67. The van der Waals surface area contributed by atoms with E-state index in [4.69, 9.17) is 0 Å². The Morgan fingerprint density at radius 1 is 0.864 bits per heavy atom. The summed E-state index contributed by atoms with van der Waals surface area (Å²) >= 11 is 1.68. The lowest BCUT2D eigenvalue weighted by Crippen LogP contribution is -1.89. The molecule has 0 radical (unpaired) electrons. The summed E-state index contributed by atoms with van der Waals surface area (Å²) in [5.74, 6) is 0.786. The van der Waals surface area contributed by atoms with Gasteiger partial charge < -0.3 is 0 Å². The highest BCUT2D eigenvalue weighted by Gasteiger charge is 2.15. The van der Waals surface area contributed by atoms with Crippen LogP contribution in [-0.2, 0) is 0 Å². The summed E-state index contributed by atoms with van der Waals surface area (Å²) < 4.78 is 1.95. The standard InChI is InChI=1S/C18H15N3S/c1-12-8-10-15(11-9-12)17-19-18-21(20-17)13(2)16(22-18)14-6-4-3-5-7-14/h3-11H,1-2H3. The molecule has 0 saturated heterocycles. The van der Waals surface area contributed by atoms with Crippen LogP contribution in [-0.4, -0.2) is 14.6 Å². The second-order valence-corrected chi connectivity index (χ2v) is 6.36. The van der Waals surface area contributed by atoms with Crippen molar-refractivity contribution in [3.63, 3.8) is 0 Å². The predicted molar refractivity (Wildman–Crippen MR) is 91.2 cm³/mol. The first-order valence-corrected chi connectivity index (χ1v) is 8.02. The lowest BCUT2D eigenvalue weighted by molar-refractivity contribution is 0.938. The molecule has 0 N–H and O–H groups in total. The Labute approximate surface area is 132 Å². The van der Waals surface area contributed by atoms with Crippen molar-refractivity contribution in [3.05, 3.63) is 65.9 Å². The van der Waals surface area contributed by atoms with Crippen molar-refractivity contribution in [1.82, 2.24) is 14.6 Å². The van der Waals surface area contributed by atoms with Crippen molar-refractivity contribution >= 4 is 16.3 Å². The third-order valence-corrected chi connectivity index (χ3v) is 4.94. The molecule has 2 heterocycles. The maximum absolute atomic E-state index is 4.69. The van der Waals surface area contributed by atoms with E-state index in [0.29, 0.717) is 0 Å². The molecule has 0 aliphatic heterocycles. The van der Waals surface area contributed by atoms with Crippen LogP contribution in [0.5, 0.6) is 0 Å². The zero-order chi connectivity index (χ0) is 15.1. The predicted octanol–water partition coefficient (Wildman–Crippen LogP) is 4.74. The molecule has 0 aliphatic carbocycles. The number of fused-ring (bicyclic) bond motifs is 1. The highest BCUT2D eigenvalue weighted by molar-refractivity contribution is 7.20. The van der Waals surface area contributed by atoms with E-state index in [-0.39, 0.29) is 0 Å². The molecule has 0 saturated carbocycles. The molecule has 0 bridgehead atoms. The normalized spacial score (nSPS) is 11.2. The van der Waals surface area contributed by atoms with Gasteiger partial charge >= 0.3 is 0 Å². The third kappa shape index (κ3) is 2.12. The second-order valence-electron chi connectivity index (χ2n) is 5.38. The van der Waals surface area contributed by atoms with Gasteiger partial charge in [0.05, 0.1) is 10.6 Å². The minimum absolute atomic E-state index is 0.786. The summed E-state index contributed by atoms with van der Waals surface area (Å²) in [6.45, 7) is 4.18. The molecule has 4 heteroatoms. The van der Waals surface area contributed by atoms with Gasteiger partial charge in [-0.05, 0) is 19.4 Å². The highest BCUT2D eigenvalue weighted by Crippen LogP contribution is 2.32. The van der Waals surface area contributed by atoms with E-state index in [1.54, 1.807) is 11.3 Å². The smallest absolute Gasteiger partial charge is 0.207 e. The molecule has 108 valence electrons. The molecular weight excluding hydrogens is 290 g/mol. The molecule has 0 unspecified atom stereocenters. The molecule has 2 aromatic carbocycles. The molecule has 3 nitrogen and oxygen atoms in total. The zero-order valence-corrected chi connectivity index (χ0v) is 13.3. The summed E-state index contributed by atoms with van der Waals surface area (Å²) in [7, 11) is 0. The van der Waals surface area contributed by atoms with Crippen molar-refractivity contribution in [2.75, 3.05) is 0 Å². The van der Waals surface area contributed by atoms with Crippen LogP contribution in [0.3, 0.4) is 0 Å². The van der Waals surface area contributed by atoms with Gasteiger partial charge in [-0.1, -0.05) is 71.5 Å². The molecule has 4 aromatic rings. The molecule has 0 spiro atoms. The van der Waals surface area contributed by atoms with Gasteiger partial charge in [0.2, 0.25) is 4.96 Å². The molecule has 0 fully saturated rings. The molecule has 2 aromatic heterocycles. The molecule has 4 rings (SSSR count). The van der Waals surface area contributed by atoms with Crippen LogP contribution in [0, 0.1) is 13.8 Å². The first-order chi connectivity index (χ1) is 10.7. The number of aromatic nitrogens is 3. The summed E-state index contributed by atoms with van der Waals surface area (Å²) in [4.78, 5) is 6.85. The van der Waals surface area contributed by atoms with Gasteiger partial charge in [0.15, 0.2) is 5.82 Å². The van der Waals surface area contributed by atoms with Gasteiger partial charge in [0.1, 0.15) is 0 Å². The van der Waals surface area contributed by atoms with Gasteiger partial charge in [-0.15, -0.1) is 5.10 Å².